The maximum absolute atomic E-state index is 11.8. The van der Waals surface area contributed by atoms with Crippen LogP contribution in [0.1, 0.15) is 32.4 Å². The van der Waals surface area contributed by atoms with Gasteiger partial charge in [0.15, 0.2) is 11.5 Å². The molecule has 28 heavy (non-hydrogen) atoms. The first-order valence-electron chi connectivity index (χ1n) is 9.02. The molecule has 0 atom stereocenters. The van der Waals surface area contributed by atoms with Crippen molar-refractivity contribution in [1.29, 1.82) is 0 Å². The standard InChI is InChI=1S/C20H26N2O5S/c1-13(2)8-9-17(23)21-10-18(24)27-11-14-12-28-20(22-14)15-6-5-7-16(25-3)19(15)26-4/h5-7,12-13H,8-11H2,1-4H3,(H,21,23). The Hall–Kier alpha value is -2.61. The monoisotopic (exact) mass is 406 g/mol. The Bertz CT molecular complexity index is 804. The van der Waals surface area contributed by atoms with Crippen LogP contribution in [0.4, 0.5) is 0 Å². The maximum atomic E-state index is 11.8. The largest absolute Gasteiger partial charge is 0.493 e. The number of hydrogen-bond acceptors (Lipinski definition) is 7. The lowest BCUT2D eigenvalue weighted by molar-refractivity contribution is -0.145. The minimum atomic E-state index is -0.494. The Labute approximate surface area is 169 Å². The van der Waals surface area contributed by atoms with Crippen LogP contribution >= 0.6 is 11.3 Å². The molecule has 2 rings (SSSR count). The Morgan fingerprint density at radius 2 is 2.00 bits per heavy atom. The fraction of sp³-hybridized carbons (Fsp3) is 0.450. The van der Waals surface area contributed by atoms with Gasteiger partial charge in [-0.2, -0.15) is 0 Å². The number of rotatable bonds is 10. The van der Waals surface area contributed by atoms with Crippen molar-refractivity contribution in [2.45, 2.75) is 33.3 Å². The first-order valence-corrected chi connectivity index (χ1v) is 9.90. The normalized spacial score (nSPS) is 10.6. The summed E-state index contributed by atoms with van der Waals surface area (Å²) in [6.45, 7) is 4.00. The van der Waals surface area contributed by atoms with Crippen LogP contribution in [-0.2, 0) is 20.9 Å². The molecule has 0 saturated heterocycles. The zero-order valence-electron chi connectivity index (χ0n) is 16.6. The molecule has 8 heteroatoms. The lowest BCUT2D eigenvalue weighted by Gasteiger charge is -2.10. The Morgan fingerprint density at radius 1 is 1.21 bits per heavy atom. The van der Waals surface area contributed by atoms with Crippen LogP contribution in [0.25, 0.3) is 10.6 Å². The summed E-state index contributed by atoms with van der Waals surface area (Å²) in [7, 11) is 3.16. The molecule has 0 spiro atoms. The Morgan fingerprint density at radius 3 is 2.68 bits per heavy atom. The van der Waals surface area contributed by atoms with Gasteiger partial charge in [-0.1, -0.05) is 19.9 Å². The molecule has 1 heterocycles. The van der Waals surface area contributed by atoms with Crippen LogP contribution in [-0.4, -0.2) is 37.6 Å². The van der Waals surface area contributed by atoms with Crippen molar-refractivity contribution in [3.05, 3.63) is 29.3 Å². The summed E-state index contributed by atoms with van der Waals surface area (Å²) in [6.07, 6.45) is 1.19. The first-order chi connectivity index (χ1) is 13.4. The number of carbonyl (C=O) groups is 2. The minimum Gasteiger partial charge on any atom is -0.493 e. The third-order valence-corrected chi connectivity index (χ3v) is 4.87. The molecule has 0 aliphatic carbocycles. The number of para-hydroxylation sites is 1. The second kappa shape index (κ2) is 10.7. The number of esters is 1. The highest BCUT2D eigenvalue weighted by Gasteiger charge is 2.15. The third kappa shape index (κ3) is 6.23. The molecule has 0 saturated carbocycles. The molecule has 0 radical (unpaired) electrons. The summed E-state index contributed by atoms with van der Waals surface area (Å²) in [5.41, 5.74) is 1.44. The van der Waals surface area contributed by atoms with Gasteiger partial charge < -0.3 is 19.5 Å². The molecular formula is C20H26N2O5S. The predicted molar refractivity (Wildman–Crippen MR) is 108 cm³/mol. The number of nitrogens with zero attached hydrogens (tertiary/aromatic N) is 1. The van der Waals surface area contributed by atoms with E-state index in [2.05, 4.69) is 10.3 Å². The van der Waals surface area contributed by atoms with Crippen LogP contribution in [0.2, 0.25) is 0 Å². The number of benzene rings is 1. The van der Waals surface area contributed by atoms with Gasteiger partial charge in [0.25, 0.3) is 0 Å². The van der Waals surface area contributed by atoms with Crippen LogP contribution in [0.3, 0.4) is 0 Å². The molecule has 0 fully saturated rings. The molecule has 7 nitrogen and oxygen atoms in total. The molecule has 0 aliphatic heterocycles. The molecule has 1 aromatic heterocycles. The highest BCUT2D eigenvalue weighted by molar-refractivity contribution is 7.13. The summed E-state index contributed by atoms with van der Waals surface area (Å²) in [5, 5.41) is 5.13. The summed E-state index contributed by atoms with van der Waals surface area (Å²) >= 11 is 1.42. The number of carbonyl (C=O) groups excluding carboxylic acids is 2. The second-order valence-corrected chi connectivity index (χ2v) is 7.41. The lowest BCUT2D eigenvalue weighted by Crippen LogP contribution is -2.30. The van der Waals surface area contributed by atoms with Gasteiger partial charge >= 0.3 is 5.97 Å². The van der Waals surface area contributed by atoms with Crippen LogP contribution in [0.5, 0.6) is 11.5 Å². The number of amides is 1. The molecule has 0 aliphatic rings. The topological polar surface area (TPSA) is 86.8 Å². The number of ether oxygens (including phenoxy) is 3. The zero-order valence-corrected chi connectivity index (χ0v) is 17.4. The van der Waals surface area contributed by atoms with Crippen molar-refractivity contribution in [3.63, 3.8) is 0 Å². The zero-order chi connectivity index (χ0) is 20.5. The number of aromatic nitrogens is 1. The van der Waals surface area contributed by atoms with Gasteiger partial charge in [-0.25, -0.2) is 4.98 Å². The van der Waals surface area contributed by atoms with Crippen molar-refractivity contribution >= 4 is 23.2 Å². The summed E-state index contributed by atoms with van der Waals surface area (Å²) in [4.78, 5) is 28.0. The fourth-order valence-corrected chi connectivity index (χ4v) is 3.26. The first kappa shape index (κ1) is 21.7. The fourth-order valence-electron chi connectivity index (χ4n) is 2.44. The van der Waals surface area contributed by atoms with Gasteiger partial charge in [0.1, 0.15) is 18.2 Å². The van der Waals surface area contributed by atoms with Crippen LogP contribution in [0, 0.1) is 5.92 Å². The van der Waals surface area contributed by atoms with Crippen molar-refractivity contribution in [2.24, 2.45) is 5.92 Å². The molecule has 2 aromatic rings. The van der Waals surface area contributed by atoms with Gasteiger partial charge in [-0.3, -0.25) is 9.59 Å². The van der Waals surface area contributed by atoms with E-state index in [4.69, 9.17) is 14.2 Å². The lowest BCUT2D eigenvalue weighted by atomic mass is 10.1. The molecule has 0 unspecified atom stereocenters. The molecule has 1 N–H and O–H groups in total. The molecule has 1 aromatic carbocycles. The average molecular weight is 407 g/mol. The van der Waals surface area contributed by atoms with Crippen molar-refractivity contribution in [2.75, 3.05) is 20.8 Å². The minimum absolute atomic E-state index is 0.0451. The van der Waals surface area contributed by atoms with Gasteiger partial charge in [0.2, 0.25) is 5.91 Å². The number of nitrogens with one attached hydrogen (secondary N) is 1. The van der Waals surface area contributed by atoms with E-state index < -0.39 is 5.97 Å². The second-order valence-electron chi connectivity index (χ2n) is 6.56. The van der Waals surface area contributed by atoms with E-state index in [-0.39, 0.29) is 19.1 Å². The SMILES string of the molecule is COc1cccc(-c2nc(COC(=O)CNC(=O)CCC(C)C)cs2)c1OC. The van der Waals surface area contributed by atoms with Gasteiger partial charge in [0.05, 0.1) is 25.5 Å². The Kier molecular flexibility index (Phi) is 8.25. The molecule has 152 valence electrons. The van der Waals surface area contributed by atoms with E-state index in [1.807, 2.05) is 37.4 Å². The number of methoxy groups -OCH3 is 2. The Balaban J connectivity index is 1.88. The van der Waals surface area contributed by atoms with Crippen molar-refractivity contribution in [3.8, 4) is 22.1 Å². The van der Waals surface area contributed by atoms with Crippen LogP contribution < -0.4 is 14.8 Å². The summed E-state index contributed by atoms with van der Waals surface area (Å²) < 4.78 is 15.9. The van der Waals surface area contributed by atoms with Gasteiger partial charge in [0, 0.05) is 11.8 Å². The third-order valence-electron chi connectivity index (χ3n) is 3.94. The van der Waals surface area contributed by atoms with E-state index in [9.17, 15) is 9.59 Å². The van der Waals surface area contributed by atoms with E-state index in [1.54, 1.807) is 14.2 Å². The quantitative estimate of drug-likeness (QED) is 0.609. The smallest absolute Gasteiger partial charge is 0.325 e. The molecule has 0 bridgehead atoms. The summed E-state index contributed by atoms with van der Waals surface area (Å²) in [6, 6.07) is 5.57. The van der Waals surface area contributed by atoms with Crippen molar-refractivity contribution < 1.29 is 23.8 Å². The van der Waals surface area contributed by atoms with Crippen LogP contribution in [0.15, 0.2) is 23.6 Å². The highest BCUT2D eigenvalue weighted by Crippen LogP contribution is 2.38. The number of hydrogen-bond donors (Lipinski definition) is 1. The number of thiazole rings is 1. The van der Waals surface area contributed by atoms with Crippen molar-refractivity contribution in [1.82, 2.24) is 10.3 Å². The maximum Gasteiger partial charge on any atom is 0.325 e. The molecular weight excluding hydrogens is 380 g/mol. The van der Waals surface area contributed by atoms with Gasteiger partial charge in [-0.05, 0) is 24.5 Å². The molecule has 1 amide bonds. The van der Waals surface area contributed by atoms with E-state index in [1.165, 1.54) is 11.3 Å². The summed E-state index contributed by atoms with van der Waals surface area (Å²) in [5.74, 6) is 1.03. The predicted octanol–water partition coefficient (Wildman–Crippen LogP) is 3.42. The highest BCUT2D eigenvalue weighted by atomic mass is 32.1. The van der Waals surface area contributed by atoms with E-state index in [0.29, 0.717) is 29.5 Å². The van der Waals surface area contributed by atoms with E-state index in [0.717, 1.165) is 17.0 Å². The van der Waals surface area contributed by atoms with E-state index >= 15 is 0 Å². The van der Waals surface area contributed by atoms with Gasteiger partial charge in [-0.15, -0.1) is 11.3 Å². The average Bonchev–Trinajstić information content (AvgIpc) is 3.17.